The van der Waals surface area contributed by atoms with Crippen molar-refractivity contribution in [1.82, 2.24) is 5.48 Å². The fraction of sp³-hybridized carbons (Fsp3) is 0. The molecule has 0 saturated carbocycles. The minimum absolute atomic E-state index is 0.214. The minimum Gasteiger partial charge on any atom is -0.376 e. The van der Waals surface area contributed by atoms with Crippen LogP contribution >= 0.6 is 39.1 Å². The standard InChI is InChI=1S/C13H8BrCl2NO2/c14-9-5-2-1-4-8(9)13(18)17-19-12-10(15)6-3-7-11(12)16/h1-7H,(H,17,18). The van der Waals surface area contributed by atoms with Gasteiger partial charge in [0.15, 0.2) is 5.75 Å². The van der Waals surface area contributed by atoms with Gasteiger partial charge in [0, 0.05) is 4.47 Å². The summed E-state index contributed by atoms with van der Waals surface area (Å²) in [5.74, 6) is -0.185. The number of nitrogens with one attached hydrogen (secondary N) is 1. The molecule has 2 rings (SSSR count). The van der Waals surface area contributed by atoms with Gasteiger partial charge < -0.3 is 4.84 Å². The van der Waals surface area contributed by atoms with E-state index in [0.29, 0.717) is 20.1 Å². The minimum atomic E-state index is -0.400. The first-order valence-electron chi connectivity index (χ1n) is 5.25. The Morgan fingerprint density at radius 2 is 1.68 bits per heavy atom. The van der Waals surface area contributed by atoms with Crippen LogP contribution in [0.15, 0.2) is 46.9 Å². The molecule has 0 fully saturated rings. The van der Waals surface area contributed by atoms with Crippen LogP contribution in [-0.2, 0) is 0 Å². The number of benzene rings is 2. The smallest absolute Gasteiger partial charge is 0.285 e. The normalized spacial score (nSPS) is 10.1. The molecule has 0 atom stereocenters. The van der Waals surface area contributed by atoms with Gasteiger partial charge in [0.05, 0.1) is 15.6 Å². The van der Waals surface area contributed by atoms with Gasteiger partial charge >= 0.3 is 0 Å². The summed E-state index contributed by atoms with van der Waals surface area (Å²) in [6, 6.07) is 11.9. The van der Waals surface area contributed by atoms with Gasteiger partial charge in [0.25, 0.3) is 5.91 Å². The highest BCUT2D eigenvalue weighted by Crippen LogP contribution is 2.31. The molecule has 0 aromatic heterocycles. The Morgan fingerprint density at radius 1 is 1.05 bits per heavy atom. The maximum atomic E-state index is 11.9. The van der Waals surface area contributed by atoms with Crippen molar-refractivity contribution in [2.75, 3.05) is 0 Å². The van der Waals surface area contributed by atoms with Crippen molar-refractivity contribution in [2.45, 2.75) is 0 Å². The third kappa shape index (κ3) is 3.41. The van der Waals surface area contributed by atoms with Gasteiger partial charge in [-0.2, -0.15) is 5.48 Å². The van der Waals surface area contributed by atoms with E-state index in [-0.39, 0.29) is 5.75 Å². The van der Waals surface area contributed by atoms with Crippen molar-refractivity contribution in [3.8, 4) is 5.75 Å². The maximum Gasteiger partial charge on any atom is 0.285 e. The van der Waals surface area contributed by atoms with E-state index in [4.69, 9.17) is 28.0 Å². The average molecular weight is 361 g/mol. The van der Waals surface area contributed by atoms with Crippen LogP contribution in [0.5, 0.6) is 5.75 Å². The Balaban J connectivity index is 2.11. The number of halogens is 3. The van der Waals surface area contributed by atoms with E-state index in [1.54, 1.807) is 36.4 Å². The van der Waals surface area contributed by atoms with E-state index in [1.165, 1.54) is 0 Å². The molecule has 0 aliphatic carbocycles. The third-order valence-corrected chi connectivity index (χ3v) is 3.57. The lowest BCUT2D eigenvalue weighted by Gasteiger charge is -2.10. The molecule has 98 valence electrons. The van der Waals surface area contributed by atoms with Crippen LogP contribution in [0.3, 0.4) is 0 Å². The summed E-state index contributed by atoms with van der Waals surface area (Å²) in [5, 5.41) is 0.639. The van der Waals surface area contributed by atoms with Gasteiger partial charge in [-0.15, -0.1) is 0 Å². The van der Waals surface area contributed by atoms with Crippen molar-refractivity contribution in [2.24, 2.45) is 0 Å². The molecule has 0 radical (unpaired) electrons. The second-order valence-electron chi connectivity index (χ2n) is 3.56. The van der Waals surface area contributed by atoms with Gasteiger partial charge in [-0.3, -0.25) is 4.79 Å². The number of hydrogen-bond donors (Lipinski definition) is 1. The Kier molecular flexibility index (Phi) is 4.69. The zero-order chi connectivity index (χ0) is 13.8. The Labute approximate surface area is 128 Å². The summed E-state index contributed by atoms with van der Waals surface area (Å²) < 4.78 is 0.668. The van der Waals surface area contributed by atoms with Crippen LogP contribution in [0.2, 0.25) is 10.0 Å². The molecule has 0 heterocycles. The SMILES string of the molecule is O=C(NOc1c(Cl)cccc1Cl)c1ccccc1Br. The average Bonchev–Trinajstić information content (AvgIpc) is 2.38. The molecule has 6 heteroatoms. The lowest BCUT2D eigenvalue weighted by atomic mass is 10.2. The van der Waals surface area contributed by atoms with E-state index in [2.05, 4.69) is 21.4 Å². The predicted octanol–water partition coefficient (Wildman–Crippen LogP) is 4.48. The number of carbonyl (C=O) groups excluding carboxylic acids is 1. The van der Waals surface area contributed by atoms with Crippen LogP contribution < -0.4 is 10.3 Å². The lowest BCUT2D eigenvalue weighted by Crippen LogP contribution is -2.27. The molecular formula is C13H8BrCl2NO2. The van der Waals surface area contributed by atoms with Gasteiger partial charge in [0.2, 0.25) is 0 Å². The zero-order valence-corrected chi connectivity index (χ0v) is 12.6. The van der Waals surface area contributed by atoms with Crippen molar-refractivity contribution in [3.63, 3.8) is 0 Å². The number of hydrogen-bond acceptors (Lipinski definition) is 2. The molecule has 0 saturated heterocycles. The molecule has 2 aromatic rings. The van der Waals surface area contributed by atoms with E-state index in [0.717, 1.165) is 0 Å². The van der Waals surface area contributed by atoms with Crippen LogP contribution in [0, 0.1) is 0 Å². The number of amides is 1. The van der Waals surface area contributed by atoms with Crippen molar-refractivity contribution >= 4 is 45.0 Å². The first-order chi connectivity index (χ1) is 9.09. The van der Waals surface area contributed by atoms with E-state index >= 15 is 0 Å². The van der Waals surface area contributed by atoms with Crippen molar-refractivity contribution < 1.29 is 9.63 Å². The van der Waals surface area contributed by atoms with Crippen molar-refractivity contribution in [1.29, 1.82) is 0 Å². The summed E-state index contributed by atoms with van der Waals surface area (Å²) in [5.41, 5.74) is 2.75. The van der Waals surface area contributed by atoms with Crippen LogP contribution in [0.4, 0.5) is 0 Å². The Hall–Kier alpha value is -1.23. The molecule has 0 aliphatic heterocycles. The quantitative estimate of drug-likeness (QED) is 0.819. The summed E-state index contributed by atoms with van der Waals surface area (Å²) in [6.07, 6.45) is 0. The molecule has 2 aromatic carbocycles. The molecule has 0 spiro atoms. The van der Waals surface area contributed by atoms with E-state index in [1.807, 2.05) is 6.07 Å². The topological polar surface area (TPSA) is 38.3 Å². The molecule has 0 unspecified atom stereocenters. The Bertz CT molecular complexity index is 599. The number of rotatable bonds is 3. The zero-order valence-electron chi connectivity index (χ0n) is 9.49. The molecule has 1 amide bonds. The molecular weight excluding hydrogens is 353 g/mol. The number of para-hydroxylation sites is 1. The van der Waals surface area contributed by atoms with Crippen LogP contribution in [-0.4, -0.2) is 5.91 Å². The summed E-state index contributed by atoms with van der Waals surface area (Å²) in [7, 11) is 0. The van der Waals surface area contributed by atoms with Crippen LogP contribution in [0.25, 0.3) is 0 Å². The molecule has 3 nitrogen and oxygen atoms in total. The molecule has 1 N–H and O–H groups in total. The second kappa shape index (κ2) is 6.28. The molecule has 0 aliphatic rings. The summed E-state index contributed by atoms with van der Waals surface area (Å²) in [4.78, 5) is 17.1. The predicted molar refractivity (Wildman–Crippen MR) is 78.7 cm³/mol. The Morgan fingerprint density at radius 3 is 2.32 bits per heavy atom. The fourth-order valence-electron chi connectivity index (χ4n) is 1.38. The van der Waals surface area contributed by atoms with Crippen molar-refractivity contribution in [3.05, 3.63) is 62.5 Å². The van der Waals surface area contributed by atoms with Gasteiger partial charge in [-0.25, -0.2) is 0 Å². The highest BCUT2D eigenvalue weighted by atomic mass is 79.9. The molecule has 19 heavy (non-hydrogen) atoms. The summed E-state index contributed by atoms with van der Waals surface area (Å²) >= 11 is 15.1. The second-order valence-corrected chi connectivity index (χ2v) is 5.23. The summed E-state index contributed by atoms with van der Waals surface area (Å²) in [6.45, 7) is 0. The maximum absolute atomic E-state index is 11.9. The highest BCUT2D eigenvalue weighted by molar-refractivity contribution is 9.10. The van der Waals surface area contributed by atoms with Gasteiger partial charge in [-0.05, 0) is 40.2 Å². The number of carbonyl (C=O) groups is 1. The lowest BCUT2D eigenvalue weighted by molar-refractivity contribution is 0.0759. The van der Waals surface area contributed by atoms with Gasteiger partial charge in [0.1, 0.15) is 0 Å². The first-order valence-corrected chi connectivity index (χ1v) is 6.80. The monoisotopic (exact) mass is 359 g/mol. The third-order valence-electron chi connectivity index (χ3n) is 2.28. The van der Waals surface area contributed by atoms with E-state index < -0.39 is 5.91 Å². The number of hydroxylamine groups is 1. The fourth-order valence-corrected chi connectivity index (χ4v) is 2.32. The van der Waals surface area contributed by atoms with E-state index in [9.17, 15) is 4.79 Å². The van der Waals surface area contributed by atoms with Crippen LogP contribution in [0.1, 0.15) is 10.4 Å². The highest BCUT2D eigenvalue weighted by Gasteiger charge is 2.12. The van der Waals surface area contributed by atoms with Gasteiger partial charge in [-0.1, -0.05) is 41.4 Å². The first kappa shape index (κ1) is 14.2. The molecule has 0 bridgehead atoms. The largest absolute Gasteiger partial charge is 0.376 e.